The molecule has 0 saturated carbocycles. The number of rotatable bonds is 11. The predicted octanol–water partition coefficient (Wildman–Crippen LogP) is 2.44. The molecular weight excluding hydrogens is 589 g/mol. The predicted molar refractivity (Wildman–Crippen MR) is 147 cm³/mol. The molecule has 3 unspecified atom stereocenters. The van der Waals surface area contributed by atoms with Gasteiger partial charge in [-0.3, -0.25) is 9.59 Å². The number of alkyl halides is 3. The van der Waals surface area contributed by atoms with E-state index in [-0.39, 0.29) is 44.4 Å². The van der Waals surface area contributed by atoms with Crippen LogP contribution in [-0.2, 0) is 35.1 Å². The summed E-state index contributed by atoms with van der Waals surface area (Å²) in [5.74, 6) is -2.74. The number of nitrogens with one attached hydrogen (secondary N) is 2. The average Bonchev–Trinajstić information content (AvgIpc) is 3.49. The molecule has 1 aliphatic carbocycles. The van der Waals surface area contributed by atoms with Crippen molar-refractivity contribution in [2.45, 2.75) is 37.5 Å². The molecule has 3 atom stereocenters. The highest BCUT2D eigenvalue weighted by molar-refractivity contribution is 5.95. The Morgan fingerprint density at radius 3 is 2.55 bits per heavy atom. The van der Waals surface area contributed by atoms with Crippen LogP contribution in [0.5, 0.6) is 0 Å². The molecule has 2 aromatic rings. The molecule has 0 radical (unpaired) electrons. The van der Waals surface area contributed by atoms with Crippen molar-refractivity contribution in [3.63, 3.8) is 0 Å². The van der Waals surface area contributed by atoms with Gasteiger partial charge in [0.15, 0.2) is 6.61 Å². The smallest absolute Gasteiger partial charge is 0.422 e. The van der Waals surface area contributed by atoms with Crippen LogP contribution < -0.4 is 10.6 Å². The van der Waals surface area contributed by atoms with Crippen molar-refractivity contribution in [3.05, 3.63) is 88.5 Å². The largest absolute Gasteiger partial charge is 0.456 e. The molecule has 3 N–H and O–H groups in total. The van der Waals surface area contributed by atoms with E-state index < -0.39 is 48.9 Å². The molecule has 1 fully saturated rings. The first-order valence-electron chi connectivity index (χ1n) is 13.4. The number of halogens is 3. The third kappa shape index (κ3) is 9.23. The van der Waals surface area contributed by atoms with Gasteiger partial charge in [-0.25, -0.2) is 9.59 Å². The fourth-order valence-electron chi connectivity index (χ4n) is 4.45. The van der Waals surface area contributed by atoms with Crippen molar-refractivity contribution in [2.24, 2.45) is 0 Å². The first kappa shape index (κ1) is 32.4. The number of amides is 2. The third-order valence-electron chi connectivity index (χ3n) is 6.50. The number of hydrogen-bond donors (Lipinski definition) is 3. The zero-order valence-electron chi connectivity index (χ0n) is 23.2. The summed E-state index contributed by atoms with van der Waals surface area (Å²) in [7, 11) is 0. The summed E-state index contributed by atoms with van der Waals surface area (Å²) in [6.07, 6.45) is -3.19. The number of fused-ring (bicyclic) bond motifs is 1. The Morgan fingerprint density at radius 1 is 1.00 bits per heavy atom. The number of benzene rings is 2. The fraction of sp³-hybridized carbons (Fsp3) is 0.333. The van der Waals surface area contributed by atoms with E-state index >= 15 is 0 Å². The zero-order chi connectivity index (χ0) is 31.7. The van der Waals surface area contributed by atoms with E-state index in [4.69, 9.17) is 19.3 Å². The molecule has 2 aliphatic rings. The summed E-state index contributed by atoms with van der Waals surface area (Å²) in [6, 6.07) is 12.5. The standard InChI is InChI=1S/C30H29F3N2O9/c31-30(32,33)16-41-25(37)8-7-18-3-1-6-21(11-18)29(40)44-24-14-22(13-23-26(24)43-17-42-23)28(39)35-15-19-4-2-5-20(12-19)27(38)34-9-10-36/h1-8,11-13,23-24,26,36H,9-10,14-17H2,(H,34,38)(H,35,39). The van der Waals surface area contributed by atoms with Crippen molar-refractivity contribution in [2.75, 3.05) is 26.6 Å². The van der Waals surface area contributed by atoms with Gasteiger partial charge in [0, 0.05) is 36.7 Å². The monoisotopic (exact) mass is 618 g/mol. The lowest BCUT2D eigenvalue weighted by atomic mass is 9.91. The topological polar surface area (TPSA) is 149 Å². The summed E-state index contributed by atoms with van der Waals surface area (Å²) in [5.41, 5.74) is 1.76. The van der Waals surface area contributed by atoms with E-state index in [1.54, 1.807) is 30.3 Å². The fourth-order valence-corrected chi connectivity index (χ4v) is 4.45. The molecule has 1 saturated heterocycles. The summed E-state index contributed by atoms with van der Waals surface area (Å²) in [6.45, 7) is -1.75. The molecule has 234 valence electrons. The molecule has 0 bridgehead atoms. The van der Waals surface area contributed by atoms with Gasteiger partial charge in [0.05, 0.1) is 12.2 Å². The lowest BCUT2D eigenvalue weighted by Crippen LogP contribution is -2.43. The molecule has 1 aliphatic heterocycles. The number of carbonyl (C=O) groups excluding carboxylic acids is 4. The second kappa shape index (κ2) is 14.8. The Hall–Kier alpha value is -4.53. The molecule has 2 aromatic carbocycles. The van der Waals surface area contributed by atoms with Crippen LogP contribution in [0.15, 0.2) is 66.3 Å². The maximum absolute atomic E-state index is 13.1. The molecular formula is C30H29F3N2O9. The van der Waals surface area contributed by atoms with E-state index in [1.807, 2.05) is 0 Å². The Morgan fingerprint density at radius 2 is 1.77 bits per heavy atom. The van der Waals surface area contributed by atoms with Gasteiger partial charge in [0.1, 0.15) is 25.1 Å². The number of hydrogen-bond acceptors (Lipinski definition) is 9. The maximum Gasteiger partial charge on any atom is 0.422 e. The van der Waals surface area contributed by atoms with Crippen molar-refractivity contribution < 1.29 is 56.4 Å². The number of aliphatic hydroxyl groups excluding tert-OH is 1. The summed E-state index contributed by atoms with van der Waals surface area (Å²) in [4.78, 5) is 49.8. The molecule has 0 spiro atoms. The minimum Gasteiger partial charge on any atom is -0.456 e. The normalized spacial score (nSPS) is 19.5. The summed E-state index contributed by atoms with van der Waals surface area (Å²) in [5, 5.41) is 14.2. The third-order valence-corrected chi connectivity index (χ3v) is 6.50. The Kier molecular flexibility index (Phi) is 10.9. The minimum absolute atomic E-state index is 0.0242. The molecule has 14 heteroatoms. The minimum atomic E-state index is -4.65. The highest BCUT2D eigenvalue weighted by Gasteiger charge is 2.42. The van der Waals surface area contributed by atoms with E-state index in [9.17, 15) is 32.3 Å². The molecule has 11 nitrogen and oxygen atoms in total. The number of esters is 2. The molecule has 1 heterocycles. The van der Waals surface area contributed by atoms with Crippen LogP contribution in [0.1, 0.15) is 38.3 Å². The van der Waals surface area contributed by atoms with Crippen molar-refractivity contribution >= 4 is 29.8 Å². The van der Waals surface area contributed by atoms with E-state index in [1.165, 1.54) is 30.3 Å². The van der Waals surface area contributed by atoms with Crippen LogP contribution in [0.3, 0.4) is 0 Å². The van der Waals surface area contributed by atoms with Gasteiger partial charge in [-0.1, -0.05) is 24.3 Å². The number of ether oxygens (including phenoxy) is 4. The van der Waals surface area contributed by atoms with Gasteiger partial charge in [0.25, 0.3) is 5.91 Å². The molecule has 0 aromatic heterocycles. The van der Waals surface area contributed by atoms with Gasteiger partial charge in [-0.2, -0.15) is 13.2 Å². The van der Waals surface area contributed by atoms with Crippen molar-refractivity contribution in [1.29, 1.82) is 0 Å². The van der Waals surface area contributed by atoms with Crippen LogP contribution >= 0.6 is 0 Å². The second-order valence-electron chi connectivity index (χ2n) is 9.76. The number of carbonyl (C=O) groups is 4. The lowest BCUT2D eigenvalue weighted by molar-refractivity contribution is -0.182. The second-order valence-corrected chi connectivity index (χ2v) is 9.76. The van der Waals surface area contributed by atoms with Crippen LogP contribution in [0.4, 0.5) is 13.2 Å². The van der Waals surface area contributed by atoms with Crippen LogP contribution in [0.2, 0.25) is 0 Å². The summed E-state index contributed by atoms with van der Waals surface area (Å²) < 4.78 is 57.6. The highest BCUT2D eigenvalue weighted by atomic mass is 19.4. The molecule has 4 rings (SSSR count). The Labute approximate surface area is 249 Å². The SMILES string of the molecule is O=C(C=Cc1cccc(C(=O)OC2CC(C(=O)NCc3cccc(C(=O)NCCO)c3)=CC3OCOC32)c1)OCC(F)(F)F. The lowest BCUT2D eigenvalue weighted by Gasteiger charge is -2.30. The van der Waals surface area contributed by atoms with Gasteiger partial charge in [0.2, 0.25) is 5.91 Å². The first-order chi connectivity index (χ1) is 21.0. The van der Waals surface area contributed by atoms with Gasteiger partial charge < -0.3 is 34.7 Å². The van der Waals surface area contributed by atoms with E-state index in [2.05, 4.69) is 15.4 Å². The average molecular weight is 619 g/mol. The van der Waals surface area contributed by atoms with Crippen LogP contribution in [0.25, 0.3) is 6.08 Å². The van der Waals surface area contributed by atoms with Crippen molar-refractivity contribution in [3.8, 4) is 0 Å². The van der Waals surface area contributed by atoms with E-state index in [0.29, 0.717) is 22.3 Å². The van der Waals surface area contributed by atoms with Gasteiger partial charge in [-0.15, -0.1) is 0 Å². The Bertz CT molecular complexity index is 1440. The highest BCUT2D eigenvalue weighted by Crippen LogP contribution is 2.31. The summed E-state index contributed by atoms with van der Waals surface area (Å²) >= 11 is 0. The quantitative estimate of drug-likeness (QED) is 0.255. The zero-order valence-corrected chi connectivity index (χ0v) is 23.2. The van der Waals surface area contributed by atoms with Crippen LogP contribution in [0, 0.1) is 0 Å². The Balaban J connectivity index is 1.37. The van der Waals surface area contributed by atoms with E-state index in [0.717, 1.165) is 6.08 Å². The van der Waals surface area contributed by atoms with Gasteiger partial charge in [-0.05, 0) is 47.5 Å². The van der Waals surface area contributed by atoms with Crippen LogP contribution in [-0.4, -0.2) is 79.9 Å². The number of aliphatic hydroxyl groups is 1. The first-order valence-corrected chi connectivity index (χ1v) is 13.4. The van der Waals surface area contributed by atoms with Crippen molar-refractivity contribution in [1.82, 2.24) is 10.6 Å². The van der Waals surface area contributed by atoms with Gasteiger partial charge >= 0.3 is 18.1 Å². The molecule has 2 amide bonds. The maximum atomic E-state index is 13.1. The molecule has 44 heavy (non-hydrogen) atoms.